The van der Waals surface area contributed by atoms with Crippen LogP contribution in [0.3, 0.4) is 0 Å². The van der Waals surface area contributed by atoms with E-state index < -0.39 is 0 Å². The summed E-state index contributed by atoms with van der Waals surface area (Å²) in [6.07, 6.45) is 16.8. The van der Waals surface area contributed by atoms with Gasteiger partial charge in [0.2, 0.25) is 0 Å². The standard InChI is InChI=1S/C14H27NS/c1-16-14(10-7-11-14)12-15-13-8-5-3-2-4-6-9-13/h13,15H,2-12H2,1H3. The molecule has 2 rings (SSSR count). The predicted octanol–water partition coefficient (Wildman–Crippen LogP) is 3.97. The third-order valence-corrected chi connectivity index (χ3v) is 5.93. The molecule has 0 aromatic carbocycles. The van der Waals surface area contributed by atoms with E-state index in [1.54, 1.807) is 0 Å². The van der Waals surface area contributed by atoms with Gasteiger partial charge in [0.1, 0.15) is 0 Å². The molecule has 2 saturated carbocycles. The zero-order valence-corrected chi connectivity index (χ0v) is 11.6. The van der Waals surface area contributed by atoms with E-state index in [1.165, 1.54) is 70.8 Å². The molecule has 0 heterocycles. The van der Waals surface area contributed by atoms with Gasteiger partial charge in [0.15, 0.2) is 0 Å². The average Bonchev–Trinajstić information content (AvgIpc) is 2.19. The van der Waals surface area contributed by atoms with Crippen molar-refractivity contribution in [3.63, 3.8) is 0 Å². The van der Waals surface area contributed by atoms with Crippen LogP contribution in [0.5, 0.6) is 0 Å². The molecule has 16 heavy (non-hydrogen) atoms. The van der Waals surface area contributed by atoms with Gasteiger partial charge in [0, 0.05) is 17.3 Å². The van der Waals surface area contributed by atoms with E-state index in [0.717, 1.165) is 6.04 Å². The highest BCUT2D eigenvalue weighted by molar-refractivity contribution is 8.00. The normalized spacial score (nSPS) is 26.8. The molecule has 1 nitrogen and oxygen atoms in total. The summed E-state index contributed by atoms with van der Waals surface area (Å²) < 4.78 is 0.613. The Morgan fingerprint density at radius 3 is 2.12 bits per heavy atom. The molecule has 2 heteroatoms. The number of nitrogens with one attached hydrogen (secondary N) is 1. The Balaban J connectivity index is 1.70. The van der Waals surface area contributed by atoms with Crippen LogP contribution in [0.4, 0.5) is 0 Å². The van der Waals surface area contributed by atoms with Gasteiger partial charge in [-0.2, -0.15) is 11.8 Å². The first-order valence-electron chi connectivity index (χ1n) is 7.13. The average molecular weight is 241 g/mol. The molecule has 0 radical (unpaired) electrons. The Morgan fingerprint density at radius 2 is 1.62 bits per heavy atom. The molecule has 0 amide bonds. The summed E-state index contributed by atoms with van der Waals surface area (Å²) in [5.74, 6) is 0. The summed E-state index contributed by atoms with van der Waals surface area (Å²) >= 11 is 2.09. The first kappa shape index (κ1) is 12.8. The molecule has 0 aromatic heterocycles. The van der Waals surface area contributed by atoms with Crippen LogP contribution in [0.25, 0.3) is 0 Å². The molecule has 94 valence electrons. The lowest BCUT2D eigenvalue weighted by molar-refractivity contribution is 0.308. The summed E-state index contributed by atoms with van der Waals surface area (Å²) in [4.78, 5) is 0. The van der Waals surface area contributed by atoms with Crippen molar-refractivity contribution in [3.05, 3.63) is 0 Å². The topological polar surface area (TPSA) is 12.0 Å². The second-order valence-corrected chi connectivity index (χ2v) is 6.94. The number of hydrogen-bond acceptors (Lipinski definition) is 2. The third-order valence-electron chi connectivity index (χ3n) is 4.52. The van der Waals surface area contributed by atoms with E-state index in [9.17, 15) is 0 Å². The molecule has 2 fully saturated rings. The van der Waals surface area contributed by atoms with Gasteiger partial charge in [0.25, 0.3) is 0 Å². The minimum atomic E-state index is 0.613. The van der Waals surface area contributed by atoms with Gasteiger partial charge in [-0.25, -0.2) is 0 Å². The first-order valence-corrected chi connectivity index (χ1v) is 8.36. The van der Waals surface area contributed by atoms with Crippen LogP contribution in [-0.2, 0) is 0 Å². The molecule has 0 spiro atoms. The van der Waals surface area contributed by atoms with E-state index in [0.29, 0.717) is 4.75 Å². The van der Waals surface area contributed by atoms with Crippen LogP contribution >= 0.6 is 11.8 Å². The monoisotopic (exact) mass is 241 g/mol. The zero-order chi connectivity index (χ0) is 11.3. The summed E-state index contributed by atoms with van der Waals surface area (Å²) in [5, 5.41) is 3.86. The van der Waals surface area contributed by atoms with E-state index in [4.69, 9.17) is 0 Å². The smallest absolute Gasteiger partial charge is 0.0281 e. The number of thioether (sulfide) groups is 1. The lowest BCUT2D eigenvalue weighted by Crippen LogP contribution is -2.46. The number of hydrogen-bond donors (Lipinski definition) is 1. The molecule has 0 aromatic rings. The van der Waals surface area contributed by atoms with E-state index in [2.05, 4.69) is 23.3 Å². The second kappa shape index (κ2) is 6.30. The predicted molar refractivity (Wildman–Crippen MR) is 74.2 cm³/mol. The Bertz CT molecular complexity index is 187. The van der Waals surface area contributed by atoms with Gasteiger partial charge in [-0.1, -0.05) is 38.5 Å². The summed E-state index contributed by atoms with van der Waals surface area (Å²) in [6, 6.07) is 0.824. The Labute approximate surface area is 105 Å². The van der Waals surface area contributed by atoms with Gasteiger partial charge in [-0.15, -0.1) is 0 Å². The molecule has 1 N–H and O–H groups in total. The van der Waals surface area contributed by atoms with Crippen LogP contribution in [-0.4, -0.2) is 23.6 Å². The summed E-state index contributed by atoms with van der Waals surface area (Å²) in [6.45, 7) is 1.26. The molecule has 2 aliphatic carbocycles. The molecule has 0 atom stereocenters. The first-order chi connectivity index (χ1) is 7.85. The third kappa shape index (κ3) is 3.40. The highest BCUT2D eigenvalue weighted by atomic mass is 32.2. The van der Waals surface area contributed by atoms with Gasteiger partial charge in [-0.3, -0.25) is 0 Å². The summed E-state index contributed by atoms with van der Waals surface area (Å²) in [5.41, 5.74) is 0. The van der Waals surface area contributed by atoms with Crippen LogP contribution < -0.4 is 5.32 Å². The highest BCUT2D eigenvalue weighted by Gasteiger charge is 2.36. The Morgan fingerprint density at radius 1 is 1.00 bits per heavy atom. The largest absolute Gasteiger partial charge is 0.313 e. The maximum Gasteiger partial charge on any atom is 0.0281 e. The van der Waals surface area contributed by atoms with E-state index in [-0.39, 0.29) is 0 Å². The molecular formula is C14H27NS. The van der Waals surface area contributed by atoms with Crippen molar-refractivity contribution in [1.29, 1.82) is 0 Å². The fourth-order valence-corrected chi connectivity index (χ4v) is 3.94. The maximum atomic E-state index is 3.86. The van der Waals surface area contributed by atoms with Crippen molar-refractivity contribution in [3.8, 4) is 0 Å². The van der Waals surface area contributed by atoms with Crippen molar-refractivity contribution in [2.75, 3.05) is 12.8 Å². The molecule has 0 aliphatic heterocycles. The summed E-state index contributed by atoms with van der Waals surface area (Å²) in [7, 11) is 0. The van der Waals surface area contributed by atoms with Gasteiger partial charge >= 0.3 is 0 Å². The number of rotatable bonds is 4. The van der Waals surface area contributed by atoms with Crippen molar-refractivity contribution in [1.82, 2.24) is 5.32 Å². The molecule has 0 unspecified atom stereocenters. The van der Waals surface area contributed by atoms with E-state index in [1.807, 2.05) is 0 Å². The van der Waals surface area contributed by atoms with Crippen LogP contribution in [0, 0.1) is 0 Å². The fraction of sp³-hybridized carbons (Fsp3) is 1.00. The molecule has 0 bridgehead atoms. The van der Waals surface area contributed by atoms with Gasteiger partial charge in [-0.05, 0) is 31.9 Å². The minimum absolute atomic E-state index is 0.613. The second-order valence-electron chi connectivity index (χ2n) is 5.66. The van der Waals surface area contributed by atoms with Crippen LogP contribution in [0.2, 0.25) is 0 Å². The quantitative estimate of drug-likeness (QED) is 0.799. The molecular weight excluding hydrogens is 214 g/mol. The van der Waals surface area contributed by atoms with Crippen molar-refractivity contribution in [2.24, 2.45) is 0 Å². The van der Waals surface area contributed by atoms with Crippen molar-refractivity contribution in [2.45, 2.75) is 75.0 Å². The Kier molecular flexibility index (Phi) is 5.02. The van der Waals surface area contributed by atoms with Crippen molar-refractivity contribution >= 4 is 11.8 Å². The van der Waals surface area contributed by atoms with Crippen molar-refractivity contribution < 1.29 is 0 Å². The lowest BCUT2D eigenvalue weighted by atomic mass is 9.83. The fourth-order valence-electron chi connectivity index (χ4n) is 3.01. The van der Waals surface area contributed by atoms with E-state index >= 15 is 0 Å². The van der Waals surface area contributed by atoms with Crippen LogP contribution in [0.1, 0.15) is 64.2 Å². The zero-order valence-electron chi connectivity index (χ0n) is 10.8. The highest BCUT2D eigenvalue weighted by Crippen LogP contribution is 2.42. The van der Waals surface area contributed by atoms with Gasteiger partial charge < -0.3 is 5.32 Å². The lowest BCUT2D eigenvalue weighted by Gasteiger charge is -2.41. The molecule has 2 aliphatic rings. The SMILES string of the molecule is CSC1(CNC2CCCCCCC2)CCC1. The minimum Gasteiger partial charge on any atom is -0.313 e. The maximum absolute atomic E-state index is 3.86. The molecule has 0 saturated heterocycles. The van der Waals surface area contributed by atoms with Crippen LogP contribution in [0.15, 0.2) is 0 Å². The van der Waals surface area contributed by atoms with Gasteiger partial charge in [0.05, 0.1) is 0 Å². The Hall–Kier alpha value is 0.310.